The summed E-state index contributed by atoms with van der Waals surface area (Å²) in [7, 11) is 1.79. The summed E-state index contributed by atoms with van der Waals surface area (Å²) in [6, 6.07) is 3.01. The number of aryl methyl sites for hydroxylation is 1. The van der Waals surface area contributed by atoms with Crippen LogP contribution >= 0.6 is 0 Å². The van der Waals surface area contributed by atoms with Gasteiger partial charge in [0.25, 0.3) is 0 Å². The molecular formula is C14H16N4O3. The Labute approximate surface area is 121 Å². The molecule has 7 heteroatoms. The smallest absolute Gasteiger partial charge is 0.409 e. The Morgan fingerprint density at radius 1 is 1.29 bits per heavy atom. The highest BCUT2D eigenvalue weighted by Gasteiger charge is 2.32. The van der Waals surface area contributed by atoms with Crippen LogP contribution in [0.2, 0.25) is 0 Å². The maximum absolute atomic E-state index is 12.6. The van der Waals surface area contributed by atoms with Gasteiger partial charge in [0.1, 0.15) is 5.69 Å². The molecule has 7 nitrogen and oxygen atoms in total. The number of anilines is 1. The number of aromatic nitrogens is 3. The fraction of sp³-hybridized carbons (Fsp3) is 0.286. The molecule has 0 aliphatic carbocycles. The zero-order valence-electron chi connectivity index (χ0n) is 12.0. The van der Waals surface area contributed by atoms with Gasteiger partial charge in [-0.25, -0.2) is 4.79 Å². The standard InChI is InChI=1S/C14H16N4O3/c1-14(2,9-6-16-18(3)8-9)12(19)11-5-4-10(7-15-11)17-13(20)21/h4-8,17H,1-3H3,(H,20,21). The molecule has 2 N–H and O–H groups in total. The summed E-state index contributed by atoms with van der Waals surface area (Å²) in [5, 5.41) is 14.9. The highest BCUT2D eigenvalue weighted by molar-refractivity contribution is 6.02. The third kappa shape index (κ3) is 3.07. The summed E-state index contributed by atoms with van der Waals surface area (Å²) < 4.78 is 1.64. The number of carboxylic acid groups (broad SMARTS) is 1. The zero-order chi connectivity index (χ0) is 15.6. The van der Waals surface area contributed by atoms with Gasteiger partial charge in [0.2, 0.25) is 0 Å². The van der Waals surface area contributed by atoms with E-state index in [0.717, 1.165) is 5.56 Å². The number of pyridine rings is 1. The van der Waals surface area contributed by atoms with Crippen LogP contribution in [0.25, 0.3) is 0 Å². The van der Waals surface area contributed by atoms with Crippen molar-refractivity contribution in [2.24, 2.45) is 7.05 Å². The van der Waals surface area contributed by atoms with Crippen LogP contribution in [0.3, 0.4) is 0 Å². The monoisotopic (exact) mass is 288 g/mol. The summed E-state index contributed by atoms with van der Waals surface area (Å²) >= 11 is 0. The maximum atomic E-state index is 12.6. The van der Waals surface area contributed by atoms with Crippen LogP contribution in [-0.2, 0) is 12.5 Å². The topological polar surface area (TPSA) is 97.1 Å². The van der Waals surface area contributed by atoms with Gasteiger partial charge in [0, 0.05) is 18.8 Å². The maximum Gasteiger partial charge on any atom is 0.409 e. The van der Waals surface area contributed by atoms with Crippen LogP contribution < -0.4 is 5.32 Å². The first-order chi connectivity index (χ1) is 9.80. The number of hydrogen-bond donors (Lipinski definition) is 2. The van der Waals surface area contributed by atoms with E-state index >= 15 is 0 Å². The van der Waals surface area contributed by atoms with E-state index in [-0.39, 0.29) is 11.5 Å². The Kier molecular flexibility index (Phi) is 3.75. The van der Waals surface area contributed by atoms with E-state index in [2.05, 4.69) is 15.4 Å². The predicted molar refractivity (Wildman–Crippen MR) is 76.4 cm³/mol. The molecule has 0 radical (unpaired) electrons. The molecule has 0 atom stereocenters. The quantitative estimate of drug-likeness (QED) is 0.839. The number of rotatable bonds is 4. The average Bonchev–Trinajstić information content (AvgIpc) is 2.85. The lowest BCUT2D eigenvalue weighted by Gasteiger charge is -2.21. The van der Waals surface area contributed by atoms with Crippen molar-refractivity contribution >= 4 is 17.6 Å². The van der Waals surface area contributed by atoms with Crippen molar-refractivity contribution in [3.05, 3.63) is 42.0 Å². The van der Waals surface area contributed by atoms with E-state index in [1.165, 1.54) is 18.3 Å². The van der Waals surface area contributed by atoms with E-state index < -0.39 is 11.5 Å². The first-order valence-electron chi connectivity index (χ1n) is 6.30. The minimum absolute atomic E-state index is 0.155. The van der Waals surface area contributed by atoms with Crippen LogP contribution in [0, 0.1) is 0 Å². The number of hydrogen-bond acceptors (Lipinski definition) is 4. The fourth-order valence-corrected chi connectivity index (χ4v) is 1.92. The normalized spacial score (nSPS) is 11.2. The number of carbonyl (C=O) groups is 2. The molecule has 110 valence electrons. The van der Waals surface area contributed by atoms with Crippen LogP contribution in [-0.4, -0.2) is 31.7 Å². The van der Waals surface area contributed by atoms with Crippen molar-refractivity contribution in [2.45, 2.75) is 19.3 Å². The summed E-state index contributed by atoms with van der Waals surface area (Å²) in [5.41, 5.74) is 0.630. The number of nitrogens with zero attached hydrogens (tertiary/aromatic N) is 3. The Balaban J connectivity index is 2.25. The van der Waals surface area contributed by atoms with Crippen molar-refractivity contribution in [3.63, 3.8) is 0 Å². The Bertz CT molecular complexity index is 674. The molecule has 2 heterocycles. The van der Waals surface area contributed by atoms with Gasteiger partial charge in [-0.05, 0) is 26.0 Å². The predicted octanol–water partition coefficient (Wildman–Crippen LogP) is 2.07. The van der Waals surface area contributed by atoms with Crippen molar-refractivity contribution in [1.82, 2.24) is 14.8 Å². The van der Waals surface area contributed by atoms with E-state index in [4.69, 9.17) is 5.11 Å². The minimum atomic E-state index is -1.17. The molecule has 0 spiro atoms. The molecule has 0 unspecified atom stereocenters. The van der Waals surface area contributed by atoms with Gasteiger partial charge in [-0.1, -0.05) is 0 Å². The molecule has 0 saturated carbocycles. The molecule has 21 heavy (non-hydrogen) atoms. The van der Waals surface area contributed by atoms with Gasteiger partial charge in [0.15, 0.2) is 5.78 Å². The second kappa shape index (κ2) is 5.35. The summed E-state index contributed by atoms with van der Waals surface area (Å²) in [6.07, 6.45) is 3.59. The molecule has 0 saturated heterocycles. The van der Waals surface area contributed by atoms with E-state index in [0.29, 0.717) is 5.69 Å². The second-order valence-electron chi connectivity index (χ2n) is 5.22. The van der Waals surface area contributed by atoms with Crippen molar-refractivity contribution in [2.75, 3.05) is 5.32 Å². The third-order valence-corrected chi connectivity index (χ3v) is 3.24. The van der Waals surface area contributed by atoms with Crippen molar-refractivity contribution in [1.29, 1.82) is 0 Å². The number of nitrogens with one attached hydrogen (secondary N) is 1. The lowest BCUT2D eigenvalue weighted by atomic mass is 9.81. The Morgan fingerprint density at radius 2 is 2.00 bits per heavy atom. The van der Waals surface area contributed by atoms with Gasteiger partial charge in [-0.15, -0.1) is 0 Å². The molecule has 0 aromatic carbocycles. The lowest BCUT2D eigenvalue weighted by Crippen LogP contribution is -2.29. The highest BCUT2D eigenvalue weighted by Crippen LogP contribution is 2.26. The molecular weight excluding hydrogens is 272 g/mol. The number of carbonyl (C=O) groups excluding carboxylic acids is 1. The molecule has 0 fully saturated rings. The van der Waals surface area contributed by atoms with Crippen molar-refractivity contribution < 1.29 is 14.7 Å². The average molecular weight is 288 g/mol. The zero-order valence-corrected chi connectivity index (χ0v) is 12.0. The van der Waals surface area contributed by atoms with Gasteiger partial charge >= 0.3 is 6.09 Å². The molecule has 2 aromatic heterocycles. The summed E-state index contributed by atoms with van der Waals surface area (Å²) in [5.74, 6) is -0.155. The molecule has 2 aromatic rings. The third-order valence-electron chi connectivity index (χ3n) is 3.24. The Hall–Kier alpha value is -2.70. The number of amides is 1. The first-order valence-corrected chi connectivity index (χ1v) is 6.30. The number of ketones is 1. The SMILES string of the molecule is Cn1cc(C(C)(C)C(=O)c2ccc(NC(=O)O)cn2)cn1. The van der Waals surface area contributed by atoms with Gasteiger partial charge < -0.3 is 5.11 Å². The van der Waals surface area contributed by atoms with Crippen LogP contribution in [0.15, 0.2) is 30.7 Å². The van der Waals surface area contributed by atoms with E-state index in [9.17, 15) is 9.59 Å². The largest absolute Gasteiger partial charge is 0.465 e. The molecule has 0 aliphatic rings. The lowest BCUT2D eigenvalue weighted by molar-refractivity contribution is 0.0903. The van der Waals surface area contributed by atoms with Gasteiger partial charge in [0.05, 0.1) is 23.5 Å². The van der Waals surface area contributed by atoms with Crippen LogP contribution in [0.5, 0.6) is 0 Å². The summed E-state index contributed by atoms with van der Waals surface area (Å²) in [6.45, 7) is 3.61. The molecule has 0 bridgehead atoms. The molecule has 1 amide bonds. The first kappa shape index (κ1) is 14.7. The van der Waals surface area contributed by atoms with Crippen molar-refractivity contribution in [3.8, 4) is 0 Å². The van der Waals surface area contributed by atoms with Crippen LogP contribution in [0.4, 0.5) is 10.5 Å². The Morgan fingerprint density at radius 3 is 2.48 bits per heavy atom. The second-order valence-corrected chi connectivity index (χ2v) is 5.22. The minimum Gasteiger partial charge on any atom is -0.465 e. The van der Waals surface area contributed by atoms with Crippen LogP contribution in [0.1, 0.15) is 29.9 Å². The summed E-state index contributed by atoms with van der Waals surface area (Å²) in [4.78, 5) is 27.1. The van der Waals surface area contributed by atoms with Gasteiger partial charge in [-0.2, -0.15) is 5.10 Å². The number of Topliss-reactive ketones (excluding diaryl/α,β-unsaturated/α-hetero) is 1. The molecule has 0 aliphatic heterocycles. The highest BCUT2D eigenvalue weighted by atomic mass is 16.4. The van der Waals surface area contributed by atoms with E-state index in [1.807, 2.05) is 0 Å². The fourth-order valence-electron chi connectivity index (χ4n) is 1.92. The van der Waals surface area contributed by atoms with Gasteiger partial charge in [-0.3, -0.25) is 19.8 Å². The molecule has 2 rings (SSSR count). The van der Waals surface area contributed by atoms with E-state index in [1.54, 1.807) is 38.0 Å².